The van der Waals surface area contributed by atoms with Gasteiger partial charge in [0.15, 0.2) is 5.82 Å². The predicted octanol–water partition coefficient (Wildman–Crippen LogP) is 4.03. The van der Waals surface area contributed by atoms with Gasteiger partial charge in [0.1, 0.15) is 10.6 Å². The summed E-state index contributed by atoms with van der Waals surface area (Å²) in [5.41, 5.74) is -0.498. The lowest BCUT2D eigenvalue weighted by molar-refractivity contribution is 0.575. The minimum absolute atomic E-state index is 0. The fourth-order valence-corrected chi connectivity index (χ4v) is 6.07. The highest BCUT2D eigenvalue weighted by molar-refractivity contribution is 9.10. The third-order valence-electron chi connectivity index (χ3n) is 3.48. The zero-order valence-electron chi connectivity index (χ0n) is 13.2. The van der Waals surface area contributed by atoms with E-state index in [9.17, 15) is 17.2 Å². The molecule has 11 heteroatoms. The van der Waals surface area contributed by atoms with Crippen molar-refractivity contribution in [3.63, 3.8) is 0 Å². The van der Waals surface area contributed by atoms with Crippen LogP contribution in [0.2, 0.25) is 0 Å². The van der Waals surface area contributed by atoms with E-state index >= 15 is 0 Å². The second-order valence-corrected chi connectivity index (χ2v) is 8.46. The second-order valence-electron chi connectivity index (χ2n) is 5.07. The molecule has 0 fully saturated rings. The molecule has 3 rings (SSSR count). The maximum absolute atomic E-state index is 14.9. The van der Waals surface area contributed by atoms with Crippen LogP contribution in [0.3, 0.4) is 0 Å². The summed E-state index contributed by atoms with van der Waals surface area (Å²) >= 11 is 4.36. The average Bonchev–Trinajstić information content (AvgIpc) is 3.14. The Morgan fingerprint density at radius 3 is 2.65 bits per heavy atom. The van der Waals surface area contributed by atoms with Gasteiger partial charge in [-0.3, -0.25) is 0 Å². The van der Waals surface area contributed by atoms with Gasteiger partial charge in [-0.1, -0.05) is 0 Å². The molecule has 0 bridgehead atoms. The van der Waals surface area contributed by atoms with Crippen LogP contribution >= 0.6 is 39.7 Å². The Bertz CT molecular complexity index is 1040. The summed E-state index contributed by atoms with van der Waals surface area (Å²) < 4.78 is 56.1. The Morgan fingerprint density at radius 1 is 1.35 bits per heavy atom. The van der Waals surface area contributed by atoms with Crippen LogP contribution in [0.15, 0.2) is 44.7 Å². The van der Waals surface area contributed by atoms with E-state index < -0.39 is 21.8 Å². The van der Waals surface area contributed by atoms with Gasteiger partial charge in [-0.05, 0) is 35.1 Å². The first kappa shape index (κ1) is 21.0. The molecule has 0 aliphatic carbocycles. The van der Waals surface area contributed by atoms with E-state index in [2.05, 4.69) is 26.2 Å². The summed E-state index contributed by atoms with van der Waals surface area (Å²) in [4.78, 5) is 3.47. The van der Waals surface area contributed by atoms with Gasteiger partial charge in [-0.2, -0.15) is 4.39 Å². The molecule has 3 aromatic rings. The molecule has 0 radical (unpaired) electrons. The van der Waals surface area contributed by atoms with E-state index in [0.717, 1.165) is 10.2 Å². The van der Waals surface area contributed by atoms with E-state index in [-0.39, 0.29) is 40.7 Å². The number of pyridine rings is 1. The summed E-state index contributed by atoms with van der Waals surface area (Å²) in [5, 5.41) is 5.80. The van der Waals surface area contributed by atoms with Crippen LogP contribution in [0, 0.1) is 11.8 Å². The second kappa shape index (κ2) is 8.13. The molecule has 0 aromatic carbocycles. The highest BCUT2D eigenvalue weighted by Crippen LogP contribution is 2.34. The predicted molar refractivity (Wildman–Crippen MR) is 102 cm³/mol. The third kappa shape index (κ3) is 3.56. The van der Waals surface area contributed by atoms with Crippen LogP contribution < -0.4 is 5.32 Å². The molecule has 3 aromatic heterocycles. The molecule has 0 unspecified atom stereocenters. The van der Waals surface area contributed by atoms with Gasteiger partial charge in [0.25, 0.3) is 10.0 Å². The molecule has 0 aliphatic rings. The van der Waals surface area contributed by atoms with E-state index in [4.69, 9.17) is 0 Å². The van der Waals surface area contributed by atoms with E-state index in [1.54, 1.807) is 12.4 Å². The Labute approximate surface area is 167 Å². The quantitative estimate of drug-likeness (QED) is 0.556. The zero-order chi connectivity index (χ0) is 18.2. The lowest BCUT2D eigenvalue weighted by Crippen LogP contribution is -2.14. The Kier molecular flexibility index (Phi) is 6.56. The zero-order valence-corrected chi connectivity index (χ0v) is 17.3. The first-order valence-corrected chi connectivity index (χ1v) is 10.2. The summed E-state index contributed by atoms with van der Waals surface area (Å²) in [5.74, 6) is -1.76. The van der Waals surface area contributed by atoms with Crippen LogP contribution in [0.25, 0.3) is 11.3 Å². The van der Waals surface area contributed by atoms with Crippen molar-refractivity contribution in [2.24, 2.45) is 0 Å². The number of halogens is 4. The highest BCUT2D eigenvalue weighted by atomic mass is 79.9. The van der Waals surface area contributed by atoms with Gasteiger partial charge in [0.2, 0.25) is 5.95 Å². The van der Waals surface area contributed by atoms with Crippen molar-refractivity contribution < 1.29 is 17.2 Å². The Balaban J connectivity index is 0.00000243. The molecule has 0 saturated carbocycles. The number of nitrogens with zero attached hydrogens (tertiary/aromatic N) is 2. The minimum Gasteiger partial charge on any atom is -0.316 e. The number of aromatic nitrogens is 2. The number of hydrogen-bond donors (Lipinski definition) is 1. The molecule has 0 spiro atoms. The van der Waals surface area contributed by atoms with Crippen molar-refractivity contribution in [1.29, 1.82) is 0 Å². The average molecular weight is 485 g/mol. The SMILES string of the molecule is CNCc1cn(S(=O)(=O)c2cscc2Br)c(-c2cccnc2F)c1F.Cl. The van der Waals surface area contributed by atoms with Crippen molar-refractivity contribution in [3.8, 4) is 11.3 Å². The molecule has 0 amide bonds. The summed E-state index contributed by atoms with van der Waals surface area (Å²) in [6, 6.07) is 2.71. The van der Waals surface area contributed by atoms with Gasteiger partial charge < -0.3 is 5.32 Å². The molecule has 1 N–H and O–H groups in total. The molecule has 140 valence electrons. The number of rotatable bonds is 5. The first-order chi connectivity index (χ1) is 11.9. The molecule has 26 heavy (non-hydrogen) atoms. The first-order valence-electron chi connectivity index (χ1n) is 7.00. The van der Waals surface area contributed by atoms with Crippen molar-refractivity contribution in [2.75, 3.05) is 7.05 Å². The minimum atomic E-state index is -4.12. The summed E-state index contributed by atoms with van der Waals surface area (Å²) in [6.07, 6.45) is 2.37. The molecule has 0 aliphatic heterocycles. The number of hydrogen-bond acceptors (Lipinski definition) is 5. The van der Waals surface area contributed by atoms with Crippen LogP contribution in [-0.2, 0) is 16.6 Å². The molecule has 5 nitrogen and oxygen atoms in total. The maximum atomic E-state index is 14.9. The Morgan fingerprint density at radius 2 is 2.08 bits per heavy atom. The summed E-state index contributed by atoms with van der Waals surface area (Å²) in [6.45, 7) is 0.0913. The van der Waals surface area contributed by atoms with E-state index in [1.807, 2.05) is 0 Å². The van der Waals surface area contributed by atoms with Gasteiger partial charge in [-0.15, -0.1) is 23.7 Å². The lowest BCUT2D eigenvalue weighted by atomic mass is 10.2. The van der Waals surface area contributed by atoms with Gasteiger partial charge in [-0.25, -0.2) is 21.8 Å². The van der Waals surface area contributed by atoms with Crippen molar-refractivity contribution in [1.82, 2.24) is 14.3 Å². The molecule has 3 heterocycles. The van der Waals surface area contributed by atoms with E-state index in [0.29, 0.717) is 4.47 Å². The normalized spacial score (nSPS) is 11.4. The largest absolute Gasteiger partial charge is 0.316 e. The fraction of sp³-hybridized carbons (Fsp3) is 0.133. The van der Waals surface area contributed by atoms with Crippen LogP contribution in [0.4, 0.5) is 8.78 Å². The lowest BCUT2D eigenvalue weighted by Gasteiger charge is -2.10. The smallest absolute Gasteiger partial charge is 0.270 e. The molecule has 0 atom stereocenters. The van der Waals surface area contributed by atoms with Crippen LogP contribution in [0.5, 0.6) is 0 Å². The van der Waals surface area contributed by atoms with Gasteiger partial charge in [0, 0.05) is 39.7 Å². The van der Waals surface area contributed by atoms with Gasteiger partial charge >= 0.3 is 0 Å². The maximum Gasteiger partial charge on any atom is 0.270 e. The van der Waals surface area contributed by atoms with Gasteiger partial charge in [0.05, 0.1) is 5.56 Å². The van der Waals surface area contributed by atoms with E-state index in [1.165, 1.54) is 35.0 Å². The van der Waals surface area contributed by atoms with Crippen molar-refractivity contribution >= 4 is 49.7 Å². The standard InChI is InChI=1S/C15H12BrF2N3O2S2.ClH/c1-19-5-9-6-21(25(22,23)12-8-24-7-11(12)16)14(13(9)17)10-3-2-4-20-15(10)18;/h2-4,6-8,19H,5H2,1H3;1H. The number of nitrogens with one attached hydrogen (secondary N) is 1. The topological polar surface area (TPSA) is 64.0 Å². The molecular formula is C15H13BrClF2N3O2S2. The van der Waals surface area contributed by atoms with Crippen LogP contribution in [-0.4, -0.2) is 24.4 Å². The van der Waals surface area contributed by atoms with Crippen LogP contribution in [0.1, 0.15) is 5.56 Å². The van der Waals surface area contributed by atoms with Crippen molar-refractivity contribution in [2.45, 2.75) is 11.4 Å². The summed E-state index contributed by atoms with van der Waals surface area (Å²) in [7, 11) is -2.52. The fourth-order valence-electron chi connectivity index (χ4n) is 2.37. The number of thiophene rings is 1. The monoisotopic (exact) mass is 483 g/mol. The Hall–Kier alpha value is -1.33. The molecular weight excluding hydrogens is 472 g/mol. The molecule has 0 saturated heterocycles. The van der Waals surface area contributed by atoms with Crippen molar-refractivity contribution in [3.05, 3.63) is 57.1 Å². The highest BCUT2D eigenvalue weighted by Gasteiger charge is 2.29. The third-order valence-corrected chi connectivity index (χ3v) is 7.30.